The maximum atomic E-state index is 13.5. The van der Waals surface area contributed by atoms with Crippen LogP contribution in [0.15, 0.2) is 23.1 Å². The van der Waals surface area contributed by atoms with Crippen molar-refractivity contribution in [1.29, 1.82) is 0 Å². The minimum Gasteiger partial charge on any atom is -0.355 e. The van der Waals surface area contributed by atoms with E-state index in [0.717, 1.165) is 18.2 Å². The van der Waals surface area contributed by atoms with E-state index in [1.165, 1.54) is 6.92 Å². The van der Waals surface area contributed by atoms with Crippen molar-refractivity contribution in [1.82, 2.24) is 15.4 Å². The monoisotopic (exact) mass is 349 g/mol. The fourth-order valence-corrected chi connectivity index (χ4v) is 2.77. The van der Waals surface area contributed by atoms with Gasteiger partial charge in [0.05, 0.1) is 6.54 Å². The highest BCUT2D eigenvalue weighted by Gasteiger charge is 2.24. The Balaban J connectivity index is 2.70. The molecule has 0 aliphatic heterocycles. The molecule has 10 heteroatoms. The summed E-state index contributed by atoms with van der Waals surface area (Å²) in [4.78, 5) is 21.9. The van der Waals surface area contributed by atoms with Crippen LogP contribution in [-0.4, -0.2) is 39.4 Å². The smallest absolute Gasteiger partial charge is 0.246 e. The van der Waals surface area contributed by atoms with Crippen molar-refractivity contribution in [3.63, 3.8) is 0 Å². The molecule has 1 aromatic carbocycles. The van der Waals surface area contributed by atoms with Crippen LogP contribution in [0.5, 0.6) is 0 Å². The SMILES string of the molecule is CCNC(=O)[C@H](C)NC(=O)CNS(=O)(=O)c1c(F)cccc1F. The van der Waals surface area contributed by atoms with Crippen LogP contribution in [0, 0.1) is 11.6 Å². The van der Waals surface area contributed by atoms with Crippen molar-refractivity contribution in [2.75, 3.05) is 13.1 Å². The van der Waals surface area contributed by atoms with Gasteiger partial charge >= 0.3 is 0 Å². The van der Waals surface area contributed by atoms with Gasteiger partial charge in [-0.1, -0.05) is 6.07 Å². The van der Waals surface area contributed by atoms with Crippen molar-refractivity contribution in [2.45, 2.75) is 24.8 Å². The number of nitrogens with one attached hydrogen (secondary N) is 3. The Bertz CT molecular complexity index is 674. The third kappa shape index (κ3) is 5.25. The Morgan fingerprint density at radius 3 is 2.30 bits per heavy atom. The van der Waals surface area contributed by atoms with E-state index in [4.69, 9.17) is 0 Å². The molecule has 0 radical (unpaired) electrons. The van der Waals surface area contributed by atoms with Crippen LogP contribution in [0.3, 0.4) is 0 Å². The van der Waals surface area contributed by atoms with E-state index in [-0.39, 0.29) is 0 Å². The third-order valence-corrected chi connectivity index (χ3v) is 4.18. The second-order valence-electron chi connectivity index (χ2n) is 4.56. The lowest BCUT2D eigenvalue weighted by Gasteiger charge is -2.14. The summed E-state index contributed by atoms with van der Waals surface area (Å²) in [5.74, 6) is -3.80. The predicted molar refractivity (Wildman–Crippen MR) is 77.8 cm³/mol. The second kappa shape index (κ2) is 7.97. The quantitative estimate of drug-likeness (QED) is 0.638. The van der Waals surface area contributed by atoms with Gasteiger partial charge in [-0.2, -0.15) is 0 Å². The molecule has 0 unspecified atom stereocenters. The standard InChI is InChI=1S/C13H17F2N3O4S/c1-3-16-13(20)8(2)18-11(19)7-17-23(21,22)12-9(14)5-4-6-10(12)15/h4-6,8,17H,3,7H2,1-2H3,(H,16,20)(H,18,19)/t8-/m0/s1. The number of benzene rings is 1. The molecule has 0 fully saturated rings. The topological polar surface area (TPSA) is 104 Å². The van der Waals surface area contributed by atoms with Crippen LogP contribution in [0.25, 0.3) is 0 Å². The molecule has 128 valence electrons. The summed E-state index contributed by atoms with van der Waals surface area (Å²) in [6.07, 6.45) is 0. The average molecular weight is 349 g/mol. The molecule has 23 heavy (non-hydrogen) atoms. The molecule has 0 aromatic heterocycles. The van der Waals surface area contributed by atoms with Gasteiger partial charge in [-0.05, 0) is 26.0 Å². The minimum absolute atomic E-state index is 0.373. The fourth-order valence-electron chi connectivity index (χ4n) is 1.66. The van der Waals surface area contributed by atoms with Gasteiger partial charge in [0.25, 0.3) is 0 Å². The molecule has 1 atom stereocenters. The zero-order valence-corrected chi connectivity index (χ0v) is 13.3. The van der Waals surface area contributed by atoms with Crippen LogP contribution < -0.4 is 15.4 Å². The van der Waals surface area contributed by atoms with E-state index in [1.54, 1.807) is 11.6 Å². The van der Waals surface area contributed by atoms with Crippen molar-refractivity contribution in [2.24, 2.45) is 0 Å². The van der Waals surface area contributed by atoms with E-state index in [0.29, 0.717) is 6.54 Å². The van der Waals surface area contributed by atoms with Gasteiger partial charge in [-0.25, -0.2) is 21.9 Å². The molecule has 1 rings (SSSR count). The summed E-state index contributed by atoms with van der Waals surface area (Å²) >= 11 is 0. The first-order valence-electron chi connectivity index (χ1n) is 6.69. The Labute approximate surface area is 132 Å². The van der Waals surface area contributed by atoms with Gasteiger partial charge in [0.1, 0.15) is 17.7 Å². The molecule has 3 N–H and O–H groups in total. The number of rotatable bonds is 7. The third-order valence-electron chi connectivity index (χ3n) is 2.73. The number of likely N-dealkylation sites (N-methyl/N-ethyl adjacent to an activating group) is 1. The lowest BCUT2D eigenvalue weighted by molar-refractivity contribution is -0.127. The van der Waals surface area contributed by atoms with Gasteiger partial charge in [-0.15, -0.1) is 0 Å². The number of amides is 2. The summed E-state index contributed by atoms with van der Waals surface area (Å²) in [5, 5.41) is 4.72. The van der Waals surface area contributed by atoms with Crippen molar-refractivity contribution < 1.29 is 26.8 Å². The van der Waals surface area contributed by atoms with Crippen LogP contribution in [-0.2, 0) is 19.6 Å². The molecule has 2 amide bonds. The van der Waals surface area contributed by atoms with E-state index in [9.17, 15) is 26.8 Å². The lowest BCUT2D eigenvalue weighted by Crippen LogP contribution is -2.47. The normalized spacial score (nSPS) is 12.5. The van der Waals surface area contributed by atoms with Crippen molar-refractivity contribution in [3.05, 3.63) is 29.8 Å². The van der Waals surface area contributed by atoms with Gasteiger partial charge in [0.15, 0.2) is 4.90 Å². The highest BCUT2D eigenvalue weighted by molar-refractivity contribution is 7.89. The van der Waals surface area contributed by atoms with Crippen LogP contribution >= 0.6 is 0 Å². The van der Waals surface area contributed by atoms with E-state index < -0.39 is 51.0 Å². The fraction of sp³-hybridized carbons (Fsp3) is 0.385. The highest BCUT2D eigenvalue weighted by atomic mass is 32.2. The van der Waals surface area contributed by atoms with E-state index in [1.807, 2.05) is 0 Å². The molecule has 0 saturated carbocycles. The molecule has 0 aliphatic rings. The minimum atomic E-state index is -4.54. The van der Waals surface area contributed by atoms with Gasteiger partial charge in [0, 0.05) is 6.54 Å². The molecule has 0 aliphatic carbocycles. The molecule has 0 saturated heterocycles. The highest BCUT2D eigenvalue weighted by Crippen LogP contribution is 2.17. The summed E-state index contributed by atoms with van der Waals surface area (Å²) in [7, 11) is -4.54. The first-order chi connectivity index (χ1) is 10.7. The van der Waals surface area contributed by atoms with Crippen molar-refractivity contribution in [3.8, 4) is 0 Å². The number of carbonyl (C=O) groups excluding carboxylic acids is 2. The summed E-state index contributed by atoms with van der Waals surface area (Å²) in [5.41, 5.74) is 0. The molecule has 0 bridgehead atoms. The Hall–Kier alpha value is -2.07. The number of sulfonamides is 1. The zero-order valence-electron chi connectivity index (χ0n) is 12.5. The summed E-state index contributed by atoms with van der Waals surface area (Å²) in [6.45, 7) is 2.72. The lowest BCUT2D eigenvalue weighted by atomic mass is 10.3. The predicted octanol–water partition coefficient (Wildman–Crippen LogP) is -0.116. The van der Waals surface area contributed by atoms with Gasteiger partial charge in [0.2, 0.25) is 21.8 Å². The number of halogens is 2. The van der Waals surface area contributed by atoms with Crippen LogP contribution in [0.1, 0.15) is 13.8 Å². The first kappa shape index (κ1) is 19.0. The number of carbonyl (C=O) groups is 2. The second-order valence-corrected chi connectivity index (χ2v) is 6.26. The maximum absolute atomic E-state index is 13.5. The largest absolute Gasteiger partial charge is 0.355 e. The number of hydrogen-bond acceptors (Lipinski definition) is 4. The van der Waals surface area contributed by atoms with Gasteiger partial charge in [-0.3, -0.25) is 9.59 Å². The molecule has 0 spiro atoms. The average Bonchev–Trinajstić information content (AvgIpc) is 2.45. The Morgan fingerprint density at radius 2 is 1.78 bits per heavy atom. The van der Waals surface area contributed by atoms with Gasteiger partial charge < -0.3 is 10.6 Å². The molecule has 1 aromatic rings. The molecular weight excluding hydrogens is 332 g/mol. The van der Waals surface area contributed by atoms with Crippen LogP contribution in [0.4, 0.5) is 8.78 Å². The molecule has 0 heterocycles. The first-order valence-corrected chi connectivity index (χ1v) is 8.18. The van der Waals surface area contributed by atoms with Crippen molar-refractivity contribution >= 4 is 21.8 Å². The zero-order chi connectivity index (χ0) is 17.6. The number of hydrogen-bond donors (Lipinski definition) is 3. The molecular formula is C13H17F2N3O4S. The summed E-state index contributed by atoms with van der Waals surface area (Å²) in [6, 6.07) is 1.71. The maximum Gasteiger partial charge on any atom is 0.246 e. The Kier molecular flexibility index (Phi) is 6.58. The molecule has 7 nitrogen and oxygen atoms in total. The Morgan fingerprint density at radius 1 is 1.22 bits per heavy atom. The van der Waals surface area contributed by atoms with E-state index >= 15 is 0 Å². The summed E-state index contributed by atoms with van der Waals surface area (Å²) < 4.78 is 52.4. The van der Waals surface area contributed by atoms with Crippen LogP contribution in [0.2, 0.25) is 0 Å². The van der Waals surface area contributed by atoms with E-state index in [2.05, 4.69) is 10.6 Å².